The van der Waals surface area contributed by atoms with Gasteiger partial charge in [-0.1, -0.05) is 43.9 Å². The molecular formula is C24H33N3O3. The fourth-order valence-corrected chi connectivity index (χ4v) is 5.09. The molecule has 0 spiro atoms. The predicted octanol–water partition coefficient (Wildman–Crippen LogP) is 3.12. The lowest BCUT2D eigenvalue weighted by molar-refractivity contribution is -0.139. The van der Waals surface area contributed by atoms with E-state index in [1.807, 2.05) is 35.2 Å². The number of carbonyl (C=O) groups is 3. The van der Waals surface area contributed by atoms with Crippen LogP contribution in [0, 0.1) is 11.8 Å². The number of likely N-dealkylation sites (tertiary alicyclic amines) is 1. The summed E-state index contributed by atoms with van der Waals surface area (Å²) in [6.45, 7) is 1.67. The summed E-state index contributed by atoms with van der Waals surface area (Å²) in [5.74, 6) is -0.0423. The Morgan fingerprint density at radius 1 is 0.867 bits per heavy atom. The molecule has 1 aromatic carbocycles. The Morgan fingerprint density at radius 3 is 2.20 bits per heavy atom. The molecule has 162 valence electrons. The molecule has 1 unspecified atom stereocenters. The standard InChI is InChI=1S/C24H33N3O3/c28-22-16-19(17-27(22)21-10-6-3-7-11-21)24(30)26-14-12-18(13-15-26)23(29)25-20-8-4-1-2-5-9-20/h3,6-7,10-11,18-20H,1-2,4-5,8-9,12-17H2,(H,25,29). The van der Waals surface area contributed by atoms with Crippen molar-refractivity contribution in [3.05, 3.63) is 30.3 Å². The van der Waals surface area contributed by atoms with Crippen LogP contribution < -0.4 is 10.2 Å². The molecule has 2 saturated heterocycles. The Kier molecular flexibility index (Phi) is 6.70. The van der Waals surface area contributed by atoms with E-state index in [-0.39, 0.29) is 36.0 Å². The van der Waals surface area contributed by atoms with Gasteiger partial charge in [-0.15, -0.1) is 0 Å². The molecule has 4 rings (SSSR count). The molecule has 2 aliphatic heterocycles. The van der Waals surface area contributed by atoms with Gasteiger partial charge in [0.1, 0.15) is 0 Å². The van der Waals surface area contributed by atoms with Crippen LogP contribution in [-0.4, -0.2) is 48.3 Å². The quantitative estimate of drug-likeness (QED) is 0.774. The number of para-hydroxylation sites is 1. The van der Waals surface area contributed by atoms with Gasteiger partial charge in [0.25, 0.3) is 0 Å². The number of nitrogens with zero attached hydrogens (tertiary/aromatic N) is 2. The number of rotatable bonds is 4. The number of benzene rings is 1. The summed E-state index contributed by atoms with van der Waals surface area (Å²) < 4.78 is 0. The molecule has 3 fully saturated rings. The van der Waals surface area contributed by atoms with Crippen LogP contribution in [0.25, 0.3) is 0 Å². The summed E-state index contributed by atoms with van der Waals surface area (Å²) in [7, 11) is 0. The van der Waals surface area contributed by atoms with Crippen molar-refractivity contribution in [1.82, 2.24) is 10.2 Å². The van der Waals surface area contributed by atoms with Gasteiger partial charge in [0.2, 0.25) is 17.7 Å². The third kappa shape index (κ3) is 4.85. The Morgan fingerprint density at radius 2 is 1.53 bits per heavy atom. The van der Waals surface area contributed by atoms with Crippen molar-refractivity contribution in [3.63, 3.8) is 0 Å². The summed E-state index contributed by atoms with van der Waals surface area (Å²) in [6, 6.07) is 9.87. The number of amides is 3. The first kappa shape index (κ1) is 20.9. The lowest BCUT2D eigenvalue weighted by Gasteiger charge is -2.33. The van der Waals surface area contributed by atoms with E-state index in [2.05, 4.69) is 5.32 Å². The van der Waals surface area contributed by atoms with Gasteiger partial charge in [0, 0.05) is 43.7 Å². The number of carbonyl (C=O) groups excluding carboxylic acids is 3. The van der Waals surface area contributed by atoms with Gasteiger partial charge >= 0.3 is 0 Å². The minimum Gasteiger partial charge on any atom is -0.353 e. The van der Waals surface area contributed by atoms with E-state index in [0.717, 1.165) is 18.5 Å². The van der Waals surface area contributed by atoms with E-state index < -0.39 is 0 Å². The third-order valence-corrected chi connectivity index (χ3v) is 6.92. The second-order valence-electron chi connectivity index (χ2n) is 9.04. The van der Waals surface area contributed by atoms with Gasteiger partial charge in [0.05, 0.1) is 5.92 Å². The van der Waals surface area contributed by atoms with Gasteiger partial charge in [-0.2, -0.15) is 0 Å². The highest BCUT2D eigenvalue weighted by Gasteiger charge is 2.38. The van der Waals surface area contributed by atoms with E-state index in [9.17, 15) is 14.4 Å². The maximum absolute atomic E-state index is 13.0. The highest BCUT2D eigenvalue weighted by Crippen LogP contribution is 2.28. The summed E-state index contributed by atoms with van der Waals surface area (Å²) >= 11 is 0. The van der Waals surface area contributed by atoms with Gasteiger partial charge in [-0.25, -0.2) is 0 Å². The zero-order valence-corrected chi connectivity index (χ0v) is 17.7. The fourth-order valence-electron chi connectivity index (χ4n) is 5.09. The average Bonchev–Trinajstić information content (AvgIpc) is 2.99. The van der Waals surface area contributed by atoms with Crippen LogP contribution >= 0.6 is 0 Å². The SMILES string of the molecule is O=C(NC1CCCCCC1)C1CCN(C(=O)C2CC(=O)N(c3ccccc3)C2)CC1. The second-order valence-corrected chi connectivity index (χ2v) is 9.04. The molecule has 6 nitrogen and oxygen atoms in total. The smallest absolute Gasteiger partial charge is 0.228 e. The van der Waals surface area contributed by atoms with Crippen molar-refractivity contribution in [2.45, 2.75) is 63.8 Å². The Hall–Kier alpha value is -2.37. The van der Waals surface area contributed by atoms with Gasteiger partial charge < -0.3 is 15.1 Å². The first-order valence-electron chi connectivity index (χ1n) is 11.6. The number of hydrogen-bond acceptors (Lipinski definition) is 3. The van der Waals surface area contributed by atoms with Crippen molar-refractivity contribution in [1.29, 1.82) is 0 Å². The van der Waals surface area contributed by atoms with Crippen molar-refractivity contribution in [3.8, 4) is 0 Å². The predicted molar refractivity (Wildman–Crippen MR) is 116 cm³/mol. The fraction of sp³-hybridized carbons (Fsp3) is 0.625. The van der Waals surface area contributed by atoms with Gasteiger partial charge in [-0.05, 0) is 37.8 Å². The average molecular weight is 412 g/mol. The topological polar surface area (TPSA) is 69.7 Å². The number of anilines is 1. The van der Waals surface area contributed by atoms with Crippen molar-refractivity contribution >= 4 is 23.4 Å². The van der Waals surface area contributed by atoms with Crippen LogP contribution in [-0.2, 0) is 14.4 Å². The third-order valence-electron chi connectivity index (χ3n) is 6.92. The van der Waals surface area contributed by atoms with Crippen LogP contribution in [0.2, 0.25) is 0 Å². The van der Waals surface area contributed by atoms with Crippen LogP contribution in [0.1, 0.15) is 57.8 Å². The highest BCUT2D eigenvalue weighted by atomic mass is 16.2. The largest absolute Gasteiger partial charge is 0.353 e. The molecule has 1 N–H and O–H groups in total. The van der Waals surface area contributed by atoms with Crippen LogP contribution in [0.4, 0.5) is 5.69 Å². The maximum Gasteiger partial charge on any atom is 0.228 e. The number of nitrogens with one attached hydrogen (secondary N) is 1. The molecular weight excluding hydrogens is 378 g/mol. The zero-order chi connectivity index (χ0) is 20.9. The minimum atomic E-state index is -0.283. The van der Waals surface area contributed by atoms with Gasteiger partial charge in [-0.3, -0.25) is 14.4 Å². The molecule has 2 heterocycles. The van der Waals surface area contributed by atoms with E-state index in [1.165, 1.54) is 25.7 Å². The van der Waals surface area contributed by atoms with E-state index in [0.29, 0.717) is 38.5 Å². The lowest BCUT2D eigenvalue weighted by atomic mass is 9.94. The molecule has 0 aromatic heterocycles. The number of piperidine rings is 1. The lowest BCUT2D eigenvalue weighted by Crippen LogP contribution is -2.47. The van der Waals surface area contributed by atoms with Crippen molar-refractivity contribution in [2.24, 2.45) is 11.8 Å². The molecule has 0 radical (unpaired) electrons. The first-order chi connectivity index (χ1) is 14.6. The summed E-state index contributed by atoms with van der Waals surface area (Å²) in [5.41, 5.74) is 0.853. The molecule has 0 bridgehead atoms. The van der Waals surface area contributed by atoms with Gasteiger partial charge in [0.15, 0.2) is 0 Å². The molecule has 3 amide bonds. The number of hydrogen-bond donors (Lipinski definition) is 1. The van der Waals surface area contributed by atoms with Crippen LogP contribution in [0.5, 0.6) is 0 Å². The van der Waals surface area contributed by atoms with E-state index >= 15 is 0 Å². The van der Waals surface area contributed by atoms with Crippen LogP contribution in [0.15, 0.2) is 30.3 Å². The highest BCUT2D eigenvalue weighted by molar-refractivity contribution is 6.00. The van der Waals surface area contributed by atoms with Crippen molar-refractivity contribution < 1.29 is 14.4 Å². The second kappa shape index (κ2) is 9.63. The van der Waals surface area contributed by atoms with Crippen LogP contribution in [0.3, 0.4) is 0 Å². The normalized spacial score (nSPS) is 24.0. The molecule has 30 heavy (non-hydrogen) atoms. The van der Waals surface area contributed by atoms with E-state index in [1.54, 1.807) is 4.90 Å². The monoisotopic (exact) mass is 411 g/mol. The molecule has 1 saturated carbocycles. The Balaban J connectivity index is 1.26. The summed E-state index contributed by atoms with van der Waals surface area (Å²) in [4.78, 5) is 41.7. The minimum absolute atomic E-state index is 0.00308. The Bertz CT molecular complexity index is 750. The molecule has 3 aliphatic rings. The molecule has 1 aliphatic carbocycles. The Labute approximate surface area is 179 Å². The van der Waals surface area contributed by atoms with E-state index in [4.69, 9.17) is 0 Å². The molecule has 1 atom stereocenters. The first-order valence-corrected chi connectivity index (χ1v) is 11.6. The molecule has 6 heteroatoms. The summed E-state index contributed by atoms with van der Waals surface area (Å²) in [5, 5.41) is 3.26. The zero-order valence-electron chi connectivity index (χ0n) is 17.7. The molecule has 1 aromatic rings. The van der Waals surface area contributed by atoms with Crippen molar-refractivity contribution in [2.75, 3.05) is 24.5 Å². The summed E-state index contributed by atoms with van der Waals surface area (Å²) in [6.07, 6.45) is 8.86. The maximum atomic E-state index is 13.0.